The van der Waals surface area contributed by atoms with Gasteiger partial charge in [-0.1, -0.05) is 109 Å². The van der Waals surface area contributed by atoms with Crippen molar-refractivity contribution < 1.29 is 12.6 Å². The van der Waals surface area contributed by atoms with Crippen molar-refractivity contribution in [2.75, 3.05) is 6.61 Å². The third kappa shape index (κ3) is 10.1. The minimum Gasteiger partial charge on any atom is -0.269 e. The third-order valence-corrected chi connectivity index (χ3v) is 7.68. The molecule has 0 heterocycles. The van der Waals surface area contributed by atoms with E-state index in [1.165, 1.54) is 64.2 Å². The average Bonchev–Trinajstić information content (AvgIpc) is 2.61. The first-order valence-corrected chi connectivity index (χ1v) is 12.1. The zero-order valence-electron chi connectivity index (χ0n) is 18.2. The maximum atomic E-state index is 12.5. The van der Waals surface area contributed by atoms with E-state index in [9.17, 15) is 8.42 Å². The predicted molar refractivity (Wildman–Crippen MR) is 118 cm³/mol. The molecule has 0 aliphatic heterocycles. The third-order valence-electron chi connectivity index (χ3n) is 5.62. The van der Waals surface area contributed by atoms with Crippen molar-refractivity contribution in [2.45, 2.75) is 103 Å². The summed E-state index contributed by atoms with van der Waals surface area (Å²) in [7, 11) is -3.58. The first-order valence-electron chi connectivity index (χ1n) is 10.7. The van der Waals surface area contributed by atoms with Gasteiger partial charge in [-0.3, -0.25) is 4.18 Å². The maximum absolute atomic E-state index is 12.5. The zero-order chi connectivity index (χ0) is 19.3. The van der Waals surface area contributed by atoms with Gasteiger partial charge in [0.25, 0.3) is 10.1 Å². The summed E-state index contributed by atoms with van der Waals surface area (Å²) in [5, 5.41) is 0. The van der Waals surface area contributed by atoms with Gasteiger partial charge in [-0.15, -0.1) is 0 Å². The molecule has 27 heavy (non-hydrogen) atoms. The van der Waals surface area contributed by atoms with Crippen LogP contribution in [0.25, 0.3) is 0 Å². The fraction of sp³-hybridized carbons (Fsp3) is 0.818. The van der Waals surface area contributed by atoms with Crippen LogP contribution in [0.3, 0.4) is 0 Å². The predicted octanol–water partition coefficient (Wildman–Crippen LogP) is 6.17. The summed E-state index contributed by atoms with van der Waals surface area (Å²) in [5.74, 6) is -0.0699. The Labute approximate surface area is 190 Å². The van der Waals surface area contributed by atoms with E-state index in [1.54, 1.807) is 19.1 Å². The van der Waals surface area contributed by atoms with Gasteiger partial charge in [0.1, 0.15) is 4.75 Å². The fourth-order valence-electron chi connectivity index (χ4n) is 3.37. The minimum absolute atomic E-state index is 0. The Morgan fingerprint density at radius 3 is 1.81 bits per heavy atom. The van der Waals surface area contributed by atoms with Crippen LogP contribution in [0.4, 0.5) is 0 Å². The molecule has 1 radical (unpaired) electrons. The number of hydrogen-bond acceptors (Lipinski definition) is 3. The Kier molecular flexibility index (Phi) is 15.5. The normalized spacial score (nSPS) is 22.0. The van der Waals surface area contributed by atoms with E-state index in [0.717, 1.165) is 12.8 Å². The molecule has 0 aromatic rings. The summed E-state index contributed by atoms with van der Waals surface area (Å²) < 4.78 is 29.4. The molecule has 0 fully saturated rings. The van der Waals surface area contributed by atoms with Gasteiger partial charge in [0.2, 0.25) is 0 Å². The monoisotopic (exact) mass is 407 g/mol. The Balaban J connectivity index is 0.00000676. The molecule has 0 spiro atoms. The van der Waals surface area contributed by atoms with Crippen LogP contribution in [0.15, 0.2) is 24.3 Å². The molecule has 2 unspecified atom stereocenters. The SMILES string of the molecule is CCCCCCCCCCCCCCOS(=O)(=O)C1(C)C=CC=CC1C.[Na]. The van der Waals surface area contributed by atoms with Crippen LogP contribution < -0.4 is 0 Å². The van der Waals surface area contributed by atoms with Crippen molar-refractivity contribution in [1.29, 1.82) is 0 Å². The quantitative estimate of drug-likeness (QED) is 0.185. The molecule has 0 saturated heterocycles. The van der Waals surface area contributed by atoms with E-state index in [2.05, 4.69) is 6.92 Å². The van der Waals surface area contributed by atoms with Crippen molar-refractivity contribution in [3.63, 3.8) is 0 Å². The largest absolute Gasteiger partial charge is 0.277 e. The van der Waals surface area contributed by atoms with Gasteiger partial charge in [0.05, 0.1) is 6.61 Å². The molecule has 0 bridgehead atoms. The van der Waals surface area contributed by atoms with Gasteiger partial charge < -0.3 is 0 Å². The van der Waals surface area contributed by atoms with Gasteiger partial charge in [-0.2, -0.15) is 8.42 Å². The van der Waals surface area contributed by atoms with Crippen molar-refractivity contribution in [2.24, 2.45) is 5.92 Å². The summed E-state index contributed by atoms with van der Waals surface area (Å²) in [6.07, 6.45) is 22.5. The van der Waals surface area contributed by atoms with Crippen LogP contribution in [0.1, 0.15) is 97.8 Å². The van der Waals surface area contributed by atoms with Gasteiger partial charge in [0, 0.05) is 29.6 Å². The summed E-state index contributed by atoms with van der Waals surface area (Å²) in [6, 6.07) is 0. The molecule has 0 saturated carbocycles. The molecule has 0 aromatic carbocycles. The van der Waals surface area contributed by atoms with Crippen molar-refractivity contribution in [1.82, 2.24) is 0 Å². The Hall–Kier alpha value is 0.390. The first-order chi connectivity index (χ1) is 12.4. The van der Waals surface area contributed by atoms with E-state index >= 15 is 0 Å². The van der Waals surface area contributed by atoms with Crippen molar-refractivity contribution in [3.05, 3.63) is 24.3 Å². The van der Waals surface area contributed by atoms with Crippen LogP contribution in [0.5, 0.6) is 0 Å². The average molecular weight is 408 g/mol. The first kappa shape index (κ1) is 27.4. The molecule has 1 rings (SSSR count). The van der Waals surface area contributed by atoms with Crippen molar-refractivity contribution >= 4 is 39.7 Å². The van der Waals surface area contributed by atoms with E-state index < -0.39 is 14.9 Å². The second-order valence-electron chi connectivity index (χ2n) is 7.88. The zero-order valence-corrected chi connectivity index (χ0v) is 21.0. The standard InChI is InChI=1S/C22H40O3S.Na/c1-4-5-6-7-8-9-10-11-12-13-14-17-20-25-26(23,24)22(3)19-16-15-18-21(22)2;/h15-16,18-19,21H,4-14,17,20H2,1-3H3;. The number of hydrogen-bond donors (Lipinski definition) is 0. The van der Waals surface area contributed by atoms with Crippen molar-refractivity contribution in [3.8, 4) is 0 Å². The molecule has 0 aromatic heterocycles. The minimum atomic E-state index is -3.58. The Morgan fingerprint density at radius 2 is 1.33 bits per heavy atom. The molecule has 3 nitrogen and oxygen atoms in total. The molecule has 0 amide bonds. The fourth-order valence-corrected chi connectivity index (χ4v) is 4.74. The van der Waals surface area contributed by atoms with Gasteiger partial charge >= 0.3 is 0 Å². The van der Waals surface area contributed by atoms with Crippen LogP contribution >= 0.6 is 0 Å². The van der Waals surface area contributed by atoms with Crippen LogP contribution in [0.2, 0.25) is 0 Å². The molecule has 2 atom stereocenters. The Bertz CT molecular complexity index is 528. The van der Waals surface area contributed by atoms with Crippen LogP contribution in [-0.2, 0) is 14.3 Å². The number of rotatable bonds is 15. The number of unbranched alkanes of at least 4 members (excludes halogenated alkanes) is 11. The van der Waals surface area contributed by atoms with E-state index in [1.807, 2.05) is 19.1 Å². The van der Waals surface area contributed by atoms with Gasteiger partial charge in [-0.05, 0) is 19.3 Å². The second-order valence-corrected chi connectivity index (χ2v) is 9.91. The summed E-state index contributed by atoms with van der Waals surface area (Å²) in [6.45, 7) is 6.23. The van der Waals surface area contributed by atoms with Crippen LogP contribution in [0, 0.1) is 5.92 Å². The van der Waals surface area contributed by atoms with E-state index in [0.29, 0.717) is 6.61 Å². The molecular formula is C22H40NaO3S. The smallest absolute Gasteiger partial charge is 0.269 e. The van der Waals surface area contributed by atoms with Crippen LogP contribution in [-0.4, -0.2) is 49.3 Å². The molecular weight excluding hydrogens is 367 g/mol. The molecule has 5 heteroatoms. The van der Waals surface area contributed by atoms with E-state index in [4.69, 9.17) is 4.18 Å². The summed E-state index contributed by atoms with van der Waals surface area (Å²) in [4.78, 5) is 0. The van der Waals surface area contributed by atoms with Gasteiger partial charge in [0.15, 0.2) is 0 Å². The topological polar surface area (TPSA) is 43.4 Å². The molecule has 1 aliphatic carbocycles. The Morgan fingerprint density at radius 1 is 0.852 bits per heavy atom. The summed E-state index contributed by atoms with van der Waals surface area (Å²) >= 11 is 0. The summed E-state index contributed by atoms with van der Waals surface area (Å²) in [5.41, 5.74) is 0. The second kappa shape index (κ2) is 15.3. The number of allylic oxidation sites excluding steroid dienone is 3. The molecule has 0 N–H and O–H groups in total. The maximum Gasteiger partial charge on any atom is 0.277 e. The molecule has 153 valence electrons. The molecule has 1 aliphatic rings. The van der Waals surface area contributed by atoms with Gasteiger partial charge in [-0.25, -0.2) is 0 Å². The van der Waals surface area contributed by atoms with E-state index in [-0.39, 0.29) is 35.5 Å².